The van der Waals surface area contributed by atoms with E-state index >= 15 is 0 Å². The van der Waals surface area contributed by atoms with Crippen LogP contribution in [0.25, 0.3) is 0 Å². The molecule has 0 spiro atoms. The molecule has 2 atom stereocenters. The molecule has 0 heterocycles. The van der Waals surface area contributed by atoms with Gasteiger partial charge in [0.05, 0.1) is 18.1 Å². The number of carboxylic acids is 1. The van der Waals surface area contributed by atoms with Gasteiger partial charge in [-0.25, -0.2) is 13.1 Å². The molecule has 0 saturated heterocycles. The van der Waals surface area contributed by atoms with Crippen molar-refractivity contribution in [1.82, 2.24) is 10.0 Å². The summed E-state index contributed by atoms with van der Waals surface area (Å²) in [4.78, 5) is 23.0. The van der Waals surface area contributed by atoms with Gasteiger partial charge in [0.15, 0.2) is 0 Å². The lowest BCUT2D eigenvalue weighted by atomic mass is 9.82. The van der Waals surface area contributed by atoms with E-state index in [9.17, 15) is 18.0 Å². The van der Waals surface area contributed by atoms with Gasteiger partial charge in [0.1, 0.15) is 0 Å². The van der Waals surface area contributed by atoms with E-state index in [4.69, 9.17) is 5.11 Å². The predicted octanol–water partition coefficient (Wildman–Crippen LogP) is -0.291. The van der Waals surface area contributed by atoms with Crippen LogP contribution in [0.2, 0.25) is 0 Å². The van der Waals surface area contributed by atoms with Gasteiger partial charge >= 0.3 is 5.97 Å². The summed E-state index contributed by atoms with van der Waals surface area (Å²) < 4.78 is 24.0. The second-order valence-corrected chi connectivity index (χ2v) is 6.64. The van der Waals surface area contributed by atoms with E-state index in [-0.39, 0.29) is 12.5 Å². The third-order valence-corrected chi connectivity index (χ3v) is 3.83. The molecule has 1 aliphatic rings. The zero-order valence-corrected chi connectivity index (χ0v) is 12.1. The SMILES string of the molecule is CS(=O)(=O)NCCCNC(=O)C1CC=CCC1C(=O)O. The Labute approximate surface area is 118 Å². The molecule has 0 bridgehead atoms. The Morgan fingerprint density at radius 3 is 2.35 bits per heavy atom. The Morgan fingerprint density at radius 1 is 1.20 bits per heavy atom. The molecule has 7 nitrogen and oxygen atoms in total. The number of amides is 1. The number of nitrogens with one attached hydrogen (secondary N) is 2. The number of carboxylic acid groups (broad SMARTS) is 1. The van der Waals surface area contributed by atoms with E-state index < -0.39 is 27.8 Å². The van der Waals surface area contributed by atoms with Gasteiger partial charge in [-0.3, -0.25) is 9.59 Å². The second-order valence-electron chi connectivity index (χ2n) is 4.81. The Hall–Kier alpha value is -1.41. The van der Waals surface area contributed by atoms with Crippen molar-refractivity contribution < 1.29 is 23.1 Å². The van der Waals surface area contributed by atoms with E-state index in [1.165, 1.54) is 0 Å². The Balaban J connectivity index is 2.35. The van der Waals surface area contributed by atoms with Gasteiger partial charge < -0.3 is 10.4 Å². The van der Waals surface area contributed by atoms with Crippen LogP contribution in [0.5, 0.6) is 0 Å². The van der Waals surface area contributed by atoms with Crippen LogP contribution in [0.1, 0.15) is 19.3 Å². The number of hydrogen-bond acceptors (Lipinski definition) is 4. The van der Waals surface area contributed by atoms with Crippen LogP contribution in [0.15, 0.2) is 12.2 Å². The van der Waals surface area contributed by atoms with Gasteiger partial charge in [-0.2, -0.15) is 0 Å². The average Bonchev–Trinajstić information content (AvgIpc) is 2.36. The maximum atomic E-state index is 11.9. The fourth-order valence-corrected chi connectivity index (χ4v) is 2.58. The van der Waals surface area contributed by atoms with Gasteiger partial charge in [-0.05, 0) is 19.3 Å². The standard InChI is InChI=1S/C12H20N2O5S/c1-20(18,19)14-8-4-7-13-11(15)9-5-2-3-6-10(9)12(16)17/h2-3,9-10,14H,4-8H2,1H3,(H,13,15)(H,16,17). The van der Waals surface area contributed by atoms with Crippen molar-refractivity contribution in [2.45, 2.75) is 19.3 Å². The van der Waals surface area contributed by atoms with E-state index in [1.54, 1.807) is 6.08 Å². The first-order chi connectivity index (χ1) is 9.31. The molecule has 1 rings (SSSR count). The van der Waals surface area contributed by atoms with Crippen molar-refractivity contribution in [3.63, 3.8) is 0 Å². The topological polar surface area (TPSA) is 113 Å². The summed E-state index contributed by atoms with van der Waals surface area (Å²) >= 11 is 0. The summed E-state index contributed by atoms with van der Waals surface area (Å²) in [5.41, 5.74) is 0. The lowest BCUT2D eigenvalue weighted by molar-refractivity contribution is -0.147. The highest BCUT2D eigenvalue weighted by Gasteiger charge is 2.33. The first-order valence-electron chi connectivity index (χ1n) is 6.41. The largest absolute Gasteiger partial charge is 0.481 e. The van der Waals surface area contributed by atoms with Crippen molar-refractivity contribution >= 4 is 21.9 Å². The number of aliphatic carboxylic acids is 1. The first-order valence-corrected chi connectivity index (χ1v) is 8.30. The zero-order chi connectivity index (χ0) is 15.2. The molecule has 1 aliphatic carbocycles. The molecule has 0 aromatic carbocycles. The lowest BCUT2D eigenvalue weighted by Gasteiger charge is -2.24. The zero-order valence-electron chi connectivity index (χ0n) is 11.3. The van der Waals surface area contributed by atoms with Gasteiger partial charge in [0.2, 0.25) is 15.9 Å². The van der Waals surface area contributed by atoms with Crippen LogP contribution in [-0.2, 0) is 19.6 Å². The van der Waals surface area contributed by atoms with Gasteiger partial charge in [-0.1, -0.05) is 12.2 Å². The third-order valence-electron chi connectivity index (χ3n) is 3.10. The van der Waals surface area contributed by atoms with Gasteiger partial charge in [0, 0.05) is 13.1 Å². The number of rotatable bonds is 7. The van der Waals surface area contributed by atoms with Crippen LogP contribution in [0, 0.1) is 11.8 Å². The lowest BCUT2D eigenvalue weighted by Crippen LogP contribution is -2.39. The second kappa shape index (κ2) is 7.39. The number of allylic oxidation sites excluding steroid dienone is 2. The minimum Gasteiger partial charge on any atom is -0.481 e. The average molecular weight is 304 g/mol. The number of sulfonamides is 1. The maximum absolute atomic E-state index is 11.9. The minimum absolute atomic E-state index is 0.242. The predicted molar refractivity (Wildman–Crippen MR) is 73.5 cm³/mol. The number of carbonyl (C=O) groups is 2. The summed E-state index contributed by atoms with van der Waals surface area (Å²) in [7, 11) is -3.21. The van der Waals surface area contributed by atoms with Crippen molar-refractivity contribution in [2.75, 3.05) is 19.3 Å². The highest BCUT2D eigenvalue weighted by Crippen LogP contribution is 2.25. The highest BCUT2D eigenvalue weighted by molar-refractivity contribution is 7.88. The molecule has 114 valence electrons. The highest BCUT2D eigenvalue weighted by atomic mass is 32.2. The van der Waals surface area contributed by atoms with E-state index in [1.807, 2.05) is 6.08 Å². The molecule has 0 aromatic heterocycles. The molecular weight excluding hydrogens is 284 g/mol. The van der Waals surface area contributed by atoms with Crippen LogP contribution >= 0.6 is 0 Å². The van der Waals surface area contributed by atoms with Crippen LogP contribution < -0.4 is 10.0 Å². The summed E-state index contributed by atoms with van der Waals surface area (Å²) in [5, 5.41) is 11.7. The third kappa shape index (κ3) is 5.70. The quantitative estimate of drug-likeness (QED) is 0.442. The summed E-state index contributed by atoms with van der Waals surface area (Å²) in [6.07, 6.45) is 5.90. The van der Waals surface area contributed by atoms with Crippen molar-refractivity contribution in [3.8, 4) is 0 Å². The Bertz CT molecular complexity index is 486. The molecule has 0 saturated carbocycles. The molecule has 0 aliphatic heterocycles. The maximum Gasteiger partial charge on any atom is 0.307 e. The fourth-order valence-electron chi connectivity index (χ4n) is 2.07. The fraction of sp³-hybridized carbons (Fsp3) is 0.667. The van der Waals surface area contributed by atoms with Crippen LogP contribution in [-0.4, -0.2) is 44.7 Å². The molecule has 0 aromatic rings. The summed E-state index contributed by atoms with van der Waals surface area (Å²) in [5.74, 6) is -2.50. The van der Waals surface area contributed by atoms with Crippen molar-refractivity contribution in [3.05, 3.63) is 12.2 Å². The first kappa shape index (κ1) is 16.6. The van der Waals surface area contributed by atoms with Crippen molar-refractivity contribution in [2.24, 2.45) is 11.8 Å². The molecule has 2 unspecified atom stereocenters. The van der Waals surface area contributed by atoms with Crippen LogP contribution in [0.3, 0.4) is 0 Å². The summed E-state index contributed by atoms with van der Waals surface area (Å²) in [6, 6.07) is 0. The summed E-state index contributed by atoms with van der Waals surface area (Å²) in [6.45, 7) is 0.556. The molecule has 0 fully saturated rings. The number of carbonyl (C=O) groups excluding carboxylic acids is 1. The monoisotopic (exact) mass is 304 g/mol. The molecule has 0 radical (unpaired) electrons. The Morgan fingerprint density at radius 2 is 1.80 bits per heavy atom. The van der Waals surface area contributed by atoms with Crippen molar-refractivity contribution in [1.29, 1.82) is 0 Å². The smallest absolute Gasteiger partial charge is 0.307 e. The molecule has 8 heteroatoms. The van der Waals surface area contributed by atoms with E-state index in [2.05, 4.69) is 10.0 Å². The van der Waals surface area contributed by atoms with Gasteiger partial charge in [0.25, 0.3) is 0 Å². The van der Waals surface area contributed by atoms with E-state index in [0.29, 0.717) is 25.8 Å². The molecular formula is C12H20N2O5S. The molecule has 3 N–H and O–H groups in total. The van der Waals surface area contributed by atoms with Gasteiger partial charge in [-0.15, -0.1) is 0 Å². The number of hydrogen-bond donors (Lipinski definition) is 3. The Kier molecular flexibility index (Phi) is 6.15. The van der Waals surface area contributed by atoms with E-state index in [0.717, 1.165) is 6.26 Å². The molecule has 1 amide bonds. The van der Waals surface area contributed by atoms with Crippen LogP contribution in [0.4, 0.5) is 0 Å². The minimum atomic E-state index is -3.21. The molecule has 20 heavy (non-hydrogen) atoms. The normalized spacial score (nSPS) is 22.4.